The number of oxazole rings is 1. The van der Waals surface area contributed by atoms with Gasteiger partial charge in [-0.15, -0.1) is 0 Å². The van der Waals surface area contributed by atoms with Crippen molar-refractivity contribution in [2.45, 2.75) is 0 Å². The molecular weight excluding hydrogens is 332 g/mol. The van der Waals surface area contributed by atoms with Crippen molar-refractivity contribution in [3.8, 4) is 33.9 Å². The first-order valence-corrected chi connectivity index (χ1v) is 8.01. The second-order valence-corrected chi connectivity index (χ2v) is 5.69. The van der Waals surface area contributed by atoms with E-state index in [2.05, 4.69) is 9.97 Å². The highest BCUT2D eigenvalue weighted by Gasteiger charge is 2.15. The van der Waals surface area contributed by atoms with Gasteiger partial charge in [0.15, 0.2) is 11.5 Å². The second kappa shape index (κ2) is 6.40. The van der Waals surface area contributed by atoms with Crippen LogP contribution in [0.3, 0.4) is 0 Å². The maximum atomic E-state index is 11.7. The van der Waals surface area contributed by atoms with Gasteiger partial charge in [0.1, 0.15) is 5.52 Å². The molecule has 0 bridgehead atoms. The minimum absolute atomic E-state index is 0.265. The van der Waals surface area contributed by atoms with Gasteiger partial charge < -0.3 is 13.9 Å². The number of aromatic nitrogens is 2. The lowest BCUT2D eigenvalue weighted by Crippen LogP contribution is -1.94. The third-order valence-corrected chi connectivity index (χ3v) is 4.17. The molecule has 0 aliphatic rings. The molecule has 6 nitrogen and oxygen atoms in total. The molecule has 0 aliphatic heterocycles. The highest BCUT2D eigenvalue weighted by Crippen LogP contribution is 2.35. The maximum absolute atomic E-state index is 11.7. The van der Waals surface area contributed by atoms with E-state index in [4.69, 9.17) is 13.9 Å². The average molecular weight is 348 g/mol. The van der Waals surface area contributed by atoms with Gasteiger partial charge in [-0.3, -0.25) is 4.98 Å². The van der Waals surface area contributed by atoms with Crippen LogP contribution in [0.15, 0.2) is 63.8 Å². The molecule has 0 aliphatic carbocycles. The molecule has 6 heteroatoms. The van der Waals surface area contributed by atoms with Crippen molar-refractivity contribution in [3.05, 3.63) is 65.1 Å². The zero-order valence-electron chi connectivity index (χ0n) is 14.3. The number of benzene rings is 2. The highest BCUT2D eigenvalue weighted by molar-refractivity contribution is 5.91. The number of ether oxygens (including phenoxy) is 2. The first-order chi connectivity index (χ1) is 12.7. The Bertz CT molecular complexity index is 1130. The van der Waals surface area contributed by atoms with E-state index in [0.29, 0.717) is 22.7 Å². The van der Waals surface area contributed by atoms with E-state index in [9.17, 15) is 4.79 Å². The lowest BCUT2D eigenvalue weighted by atomic mass is 10.0. The summed E-state index contributed by atoms with van der Waals surface area (Å²) in [6.07, 6.45) is 0. The number of pyridine rings is 1. The number of hydrogen-bond donors (Lipinski definition) is 1. The number of rotatable bonds is 4. The molecule has 0 atom stereocenters. The van der Waals surface area contributed by atoms with Crippen molar-refractivity contribution in [2.75, 3.05) is 14.2 Å². The van der Waals surface area contributed by atoms with Crippen LogP contribution in [-0.2, 0) is 0 Å². The van der Waals surface area contributed by atoms with Crippen LogP contribution in [0.2, 0.25) is 0 Å². The Hall–Kier alpha value is -3.54. The molecule has 4 aromatic rings. The van der Waals surface area contributed by atoms with Crippen molar-refractivity contribution < 1.29 is 13.9 Å². The average Bonchev–Trinajstić information content (AvgIpc) is 3.07. The summed E-state index contributed by atoms with van der Waals surface area (Å²) in [5, 5.41) is 0. The summed E-state index contributed by atoms with van der Waals surface area (Å²) >= 11 is 0. The van der Waals surface area contributed by atoms with Crippen molar-refractivity contribution in [1.82, 2.24) is 9.97 Å². The van der Waals surface area contributed by atoms with Crippen LogP contribution in [0.4, 0.5) is 0 Å². The Morgan fingerprint density at radius 3 is 2.42 bits per heavy atom. The molecule has 26 heavy (non-hydrogen) atoms. The van der Waals surface area contributed by atoms with E-state index in [1.807, 2.05) is 54.6 Å². The minimum Gasteiger partial charge on any atom is -0.493 e. The Kier molecular flexibility index (Phi) is 3.93. The summed E-state index contributed by atoms with van der Waals surface area (Å²) in [6.45, 7) is 0. The fourth-order valence-corrected chi connectivity index (χ4v) is 2.92. The number of aromatic amines is 1. The van der Waals surface area contributed by atoms with Gasteiger partial charge in [0.05, 0.1) is 19.9 Å². The van der Waals surface area contributed by atoms with E-state index in [1.54, 1.807) is 14.2 Å². The van der Waals surface area contributed by atoms with Crippen LogP contribution in [0.1, 0.15) is 0 Å². The summed E-state index contributed by atoms with van der Waals surface area (Å²) in [4.78, 5) is 18.9. The monoisotopic (exact) mass is 348 g/mol. The van der Waals surface area contributed by atoms with Crippen molar-refractivity contribution in [3.63, 3.8) is 0 Å². The van der Waals surface area contributed by atoms with Gasteiger partial charge in [0, 0.05) is 11.1 Å². The summed E-state index contributed by atoms with van der Waals surface area (Å²) in [5.41, 5.74) is 4.13. The largest absolute Gasteiger partial charge is 0.493 e. The number of methoxy groups -OCH3 is 2. The number of nitrogens with one attached hydrogen (secondary N) is 1. The van der Waals surface area contributed by atoms with E-state index in [0.717, 1.165) is 16.7 Å². The van der Waals surface area contributed by atoms with Crippen LogP contribution in [0.5, 0.6) is 11.5 Å². The van der Waals surface area contributed by atoms with Gasteiger partial charge in [-0.1, -0.05) is 30.3 Å². The van der Waals surface area contributed by atoms with Crippen LogP contribution < -0.4 is 15.2 Å². The van der Waals surface area contributed by atoms with Gasteiger partial charge in [0.25, 0.3) is 0 Å². The van der Waals surface area contributed by atoms with E-state index >= 15 is 0 Å². The van der Waals surface area contributed by atoms with Crippen molar-refractivity contribution >= 4 is 11.2 Å². The van der Waals surface area contributed by atoms with E-state index < -0.39 is 5.76 Å². The molecule has 0 saturated carbocycles. The first-order valence-electron chi connectivity index (χ1n) is 8.01. The number of nitrogens with zero attached hydrogens (tertiary/aromatic N) is 1. The van der Waals surface area contributed by atoms with Crippen LogP contribution in [0.25, 0.3) is 33.6 Å². The Balaban J connectivity index is 1.96. The van der Waals surface area contributed by atoms with E-state index in [1.165, 1.54) is 0 Å². The van der Waals surface area contributed by atoms with Gasteiger partial charge in [-0.25, -0.2) is 9.78 Å². The quantitative estimate of drug-likeness (QED) is 0.606. The zero-order chi connectivity index (χ0) is 18.1. The predicted molar refractivity (Wildman–Crippen MR) is 98.6 cm³/mol. The van der Waals surface area contributed by atoms with Gasteiger partial charge >= 0.3 is 5.76 Å². The summed E-state index contributed by atoms with van der Waals surface area (Å²) in [5.74, 6) is 0.701. The molecule has 0 radical (unpaired) electrons. The molecule has 2 heterocycles. The van der Waals surface area contributed by atoms with Gasteiger partial charge in [-0.2, -0.15) is 0 Å². The fourth-order valence-electron chi connectivity index (χ4n) is 2.92. The minimum atomic E-state index is -0.533. The molecule has 2 aromatic heterocycles. The van der Waals surface area contributed by atoms with Crippen LogP contribution in [-0.4, -0.2) is 24.2 Å². The second-order valence-electron chi connectivity index (χ2n) is 5.69. The number of hydrogen-bond acceptors (Lipinski definition) is 5. The zero-order valence-corrected chi connectivity index (χ0v) is 14.3. The standard InChI is InChI=1S/C20H16N2O4/c1-24-16-9-8-13(10-17(16)25-2)15-11-14(12-6-4-3-5-7-12)18-19(21-15)26-20(23)22-18/h3-11H,1-2H3,(H,22,23). The highest BCUT2D eigenvalue weighted by atomic mass is 16.5. The van der Waals surface area contributed by atoms with Crippen LogP contribution >= 0.6 is 0 Å². The molecule has 130 valence electrons. The predicted octanol–water partition coefficient (Wildman–Crippen LogP) is 3.87. The lowest BCUT2D eigenvalue weighted by Gasteiger charge is -2.10. The molecule has 0 saturated heterocycles. The first kappa shape index (κ1) is 16.0. The topological polar surface area (TPSA) is 77.4 Å². The summed E-state index contributed by atoms with van der Waals surface area (Å²) in [7, 11) is 3.17. The molecule has 1 N–H and O–H groups in total. The number of fused-ring (bicyclic) bond motifs is 1. The van der Waals surface area contributed by atoms with Gasteiger partial charge in [-0.05, 0) is 29.8 Å². The summed E-state index contributed by atoms with van der Waals surface area (Å²) in [6, 6.07) is 17.2. The number of H-pyrrole nitrogens is 1. The molecular formula is C20H16N2O4. The molecule has 2 aromatic carbocycles. The molecule has 0 unspecified atom stereocenters. The van der Waals surface area contributed by atoms with Gasteiger partial charge in [0.2, 0.25) is 5.71 Å². The van der Waals surface area contributed by atoms with Crippen molar-refractivity contribution in [2.24, 2.45) is 0 Å². The SMILES string of the molecule is COc1ccc(-c2cc(-c3ccccc3)c3[nH]c(=O)oc3n2)cc1OC. The molecule has 0 fully saturated rings. The lowest BCUT2D eigenvalue weighted by molar-refractivity contribution is 0.355. The van der Waals surface area contributed by atoms with Crippen molar-refractivity contribution in [1.29, 1.82) is 0 Å². The summed E-state index contributed by atoms with van der Waals surface area (Å²) < 4.78 is 15.9. The van der Waals surface area contributed by atoms with E-state index in [-0.39, 0.29) is 5.71 Å². The smallest absolute Gasteiger partial charge is 0.418 e. The Labute approximate surface area is 149 Å². The molecule has 4 rings (SSSR count). The van der Waals surface area contributed by atoms with Crippen LogP contribution in [0, 0.1) is 0 Å². The Morgan fingerprint density at radius 2 is 1.69 bits per heavy atom. The normalized spacial score (nSPS) is 10.8. The fraction of sp³-hybridized carbons (Fsp3) is 0.100. The maximum Gasteiger partial charge on any atom is 0.418 e. The third-order valence-electron chi connectivity index (χ3n) is 4.17. The Morgan fingerprint density at radius 1 is 0.923 bits per heavy atom. The molecule has 0 spiro atoms. The third kappa shape index (κ3) is 2.71. The molecule has 0 amide bonds.